The van der Waals surface area contributed by atoms with Gasteiger partial charge >= 0.3 is 0 Å². The fourth-order valence-corrected chi connectivity index (χ4v) is 2.52. The van der Waals surface area contributed by atoms with Crippen LogP contribution in [0, 0.1) is 6.92 Å². The van der Waals surface area contributed by atoms with Crippen molar-refractivity contribution in [2.24, 2.45) is 0 Å². The van der Waals surface area contributed by atoms with Crippen molar-refractivity contribution in [2.75, 3.05) is 19.8 Å². The summed E-state index contributed by atoms with van der Waals surface area (Å²) in [5.74, 6) is 1.61. The highest BCUT2D eigenvalue weighted by Gasteiger charge is 2.15. The summed E-state index contributed by atoms with van der Waals surface area (Å²) in [6, 6.07) is 13.8. The van der Waals surface area contributed by atoms with E-state index < -0.39 is 6.10 Å². The van der Waals surface area contributed by atoms with E-state index in [1.807, 2.05) is 49.4 Å². The lowest BCUT2D eigenvalue weighted by atomic mass is 10.1. The zero-order valence-electron chi connectivity index (χ0n) is 12.7. The first-order valence-corrected chi connectivity index (χ1v) is 7.57. The van der Waals surface area contributed by atoms with Crippen LogP contribution < -0.4 is 14.8 Å². The van der Waals surface area contributed by atoms with Crippen molar-refractivity contribution < 1.29 is 14.6 Å². The molecule has 1 atom stereocenters. The van der Waals surface area contributed by atoms with Crippen LogP contribution >= 0.6 is 0 Å². The van der Waals surface area contributed by atoms with Crippen LogP contribution in [0.4, 0.5) is 0 Å². The second-order valence-corrected chi connectivity index (χ2v) is 5.50. The number of hydrogen-bond donors (Lipinski definition) is 2. The summed E-state index contributed by atoms with van der Waals surface area (Å²) in [4.78, 5) is 0. The molecule has 4 heteroatoms. The van der Waals surface area contributed by atoms with Crippen molar-refractivity contribution in [2.45, 2.75) is 19.6 Å². The fraction of sp³-hybridized carbons (Fsp3) is 0.333. The van der Waals surface area contributed by atoms with Crippen molar-refractivity contribution in [1.29, 1.82) is 0 Å². The van der Waals surface area contributed by atoms with Crippen molar-refractivity contribution >= 4 is 0 Å². The molecule has 1 aliphatic heterocycles. The molecule has 3 rings (SSSR count). The van der Waals surface area contributed by atoms with Gasteiger partial charge in [0, 0.05) is 18.7 Å². The van der Waals surface area contributed by atoms with E-state index >= 15 is 0 Å². The number of aliphatic hydroxyl groups excluding tert-OH is 1. The van der Waals surface area contributed by atoms with E-state index in [9.17, 15) is 5.11 Å². The first-order valence-electron chi connectivity index (χ1n) is 7.57. The minimum atomic E-state index is -0.516. The first-order chi connectivity index (χ1) is 10.7. The molecule has 2 N–H and O–H groups in total. The Morgan fingerprint density at radius 1 is 1.09 bits per heavy atom. The number of nitrogens with one attached hydrogen (secondary N) is 1. The number of hydrogen-bond acceptors (Lipinski definition) is 4. The van der Waals surface area contributed by atoms with Gasteiger partial charge in [-0.2, -0.15) is 0 Å². The molecule has 0 bridgehead atoms. The van der Waals surface area contributed by atoms with Crippen LogP contribution in [0.15, 0.2) is 42.5 Å². The van der Waals surface area contributed by atoms with Crippen LogP contribution in [0.3, 0.4) is 0 Å². The van der Waals surface area contributed by atoms with Crippen LogP contribution in [0.5, 0.6) is 11.5 Å². The van der Waals surface area contributed by atoms with Gasteiger partial charge in [0.2, 0.25) is 0 Å². The molecule has 2 aromatic carbocycles. The highest BCUT2D eigenvalue weighted by atomic mass is 16.6. The molecular weight excluding hydrogens is 278 g/mol. The Bertz CT molecular complexity index is 625. The number of benzene rings is 2. The molecule has 0 amide bonds. The molecule has 0 radical (unpaired) electrons. The number of rotatable bonds is 5. The lowest BCUT2D eigenvalue weighted by Crippen LogP contribution is -2.23. The van der Waals surface area contributed by atoms with Crippen molar-refractivity contribution in [3.8, 4) is 11.5 Å². The summed E-state index contributed by atoms with van der Waals surface area (Å²) in [5.41, 5.74) is 3.16. The maximum atomic E-state index is 10.2. The van der Waals surface area contributed by atoms with E-state index in [0.29, 0.717) is 26.3 Å². The van der Waals surface area contributed by atoms with Gasteiger partial charge < -0.3 is 19.9 Å². The van der Waals surface area contributed by atoms with Gasteiger partial charge in [-0.15, -0.1) is 0 Å². The Labute approximate surface area is 130 Å². The maximum Gasteiger partial charge on any atom is 0.165 e. The normalized spacial score (nSPS) is 14.6. The summed E-state index contributed by atoms with van der Waals surface area (Å²) >= 11 is 0. The van der Waals surface area contributed by atoms with Gasteiger partial charge in [-0.05, 0) is 18.6 Å². The average Bonchev–Trinajstić information content (AvgIpc) is 2.55. The van der Waals surface area contributed by atoms with Crippen LogP contribution in [0.2, 0.25) is 0 Å². The lowest BCUT2D eigenvalue weighted by molar-refractivity contribution is 0.166. The standard InChI is InChI=1S/C18H21NO3/c1-13-5-7-14(8-6-13)16(20)12-19-11-15-3-2-4-17-18(15)22-10-9-21-17/h2-8,16,19-20H,9-12H2,1H3. The van der Waals surface area contributed by atoms with Gasteiger partial charge in [0.1, 0.15) is 13.2 Å². The molecule has 4 nitrogen and oxygen atoms in total. The molecule has 0 aromatic heterocycles. The largest absolute Gasteiger partial charge is 0.486 e. The smallest absolute Gasteiger partial charge is 0.165 e. The Morgan fingerprint density at radius 2 is 1.86 bits per heavy atom. The SMILES string of the molecule is Cc1ccc(C(O)CNCc2cccc3c2OCCO3)cc1. The highest BCUT2D eigenvalue weighted by molar-refractivity contribution is 5.47. The van der Waals surface area contributed by atoms with E-state index in [4.69, 9.17) is 9.47 Å². The topological polar surface area (TPSA) is 50.7 Å². The van der Waals surface area contributed by atoms with Gasteiger partial charge in [0.15, 0.2) is 11.5 Å². The van der Waals surface area contributed by atoms with E-state index in [1.165, 1.54) is 5.56 Å². The van der Waals surface area contributed by atoms with Crippen molar-refractivity contribution in [3.63, 3.8) is 0 Å². The Kier molecular flexibility index (Phi) is 4.61. The Morgan fingerprint density at radius 3 is 2.68 bits per heavy atom. The molecule has 0 aliphatic carbocycles. The molecule has 1 heterocycles. The lowest BCUT2D eigenvalue weighted by Gasteiger charge is -2.21. The molecule has 0 saturated heterocycles. The average molecular weight is 299 g/mol. The summed E-state index contributed by atoms with van der Waals surface area (Å²) in [6.07, 6.45) is -0.516. The van der Waals surface area contributed by atoms with Crippen molar-refractivity contribution in [1.82, 2.24) is 5.32 Å². The Hall–Kier alpha value is -2.04. The van der Waals surface area contributed by atoms with E-state index in [1.54, 1.807) is 0 Å². The minimum Gasteiger partial charge on any atom is -0.486 e. The molecule has 2 aromatic rings. The first kappa shape index (κ1) is 14.9. The molecule has 0 saturated carbocycles. The molecule has 116 valence electrons. The second kappa shape index (κ2) is 6.81. The van der Waals surface area contributed by atoms with Gasteiger partial charge in [-0.25, -0.2) is 0 Å². The van der Waals surface area contributed by atoms with Gasteiger partial charge in [-0.3, -0.25) is 0 Å². The zero-order valence-corrected chi connectivity index (χ0v) is 12.7. The summed E-state index contributed by atoms with van der Waals surface area (Å²) in [5, 5.41) is 13.5. The predicted octanol–water partition coefficient (Wildman–Crippen LogP) is 2.59. The van der Waals surface area contributed by atoms with Gasteiger partial charge in [-0.1, -0.05) is 42.0 Å². The predicted molar refractivity (Wildman–Crippen MR) is 85.3 cm³/mol. The Balaban J connectivity index is 1.58. The summed E-state index contributed by atoms with van der Waals surface area (Å²) in [6.45, 7) is 4.34. The minimum absolute atomic E-state index is 0.494. The highest BCUT2D eigenvalue weighted by Crippen LogP contribution is 2.33. The second-order valence-electron chi connectivity index (χ2n) is 5.50. The number of ether oxygens (including phenoxy) is 2. The van der Waals surface area contributed by atoms with Crippen LogP contribution in [0.1, 0.15) is 22.8 Å². The quantitative estimate of drug-likeness (QED) is 0.891. The number of fused-ring (bicyclic) bond motifs is 1. The van der Waals surface area contributed by atoms with Crippen molar-refractivity contribution in [3.05, 3.63) is 59.2 Å². The van der Waals surface area contributed by atoms with E-state index in [0.717, 1.165) is 22.6 Å². The fourth-order valence-electron chi connectivity index (χ4n) is 2.52. The van der Waals surface area contributed by atoms with Gasteiger partial charge in [0.25, 0.3) is 0 Å². The molecule has 22 heavy (non-hydrogen) atoms. The summed E-state index contributed by atoms with van der Waals surface area (Å²) in [7, 11) is 0. The number of aryl methyl sites for hydroxylation is 1. The molecule has 0 spiro atoms. The van der Waals surface area contributed by atoms with Gasteiger partial charge in [0.05, 0.1) is 6.10 Å². The van der Waals surface area contributed by atoms with E-state index in [-0.39, 0.29) is 0 Å². The molecular formula is C18H21NO3. The molecule has 1 unspecified atom stereocenters. The summed E-state index contributed by atoms with van der Waals surface area (Å²) < 4.78 is 11.3. The van der Waals surface area contributed by atoms with Crippen LogP contribution in [-0.2, 0) is 6.54 Å². The van der Waals surface area contributed by atoms with Crippen LogP contribution in [0.25, 0.3) is 0 Å². The monoisotopic (exact) mass is 299 g/mol. The third-order valence-corrected chi connectivity index (χ3v) is 3.76. The van der Waals surface area contributed by atoms with E-state index in [2.05, 4.69) is 5.32 Å². The zero-order chi connectivity index (χ0) is 15.4. The maximum absolute atomic E-state index is 10.2. The third-order valence-electron chi connectivity index (χ3n) is 3.76. The number of para-hydroxylation sites is 1. The molecule has 0 fully saturated rings. The third kappa shape index (κ3) is 3.40. The molecule has 1 aliphatic rings. The number of aliphatic hydroxyl groups is 1. The van der Waals surface area contributed by atoms with Crippen LogP contribution in [-0.4, -0.2) is 24.9 Å².